The van der Waals surface area contributed by atoms with Crippen LogP contribution in [0.2, 0.25) is 0 Å². The van der Waals surface area contributed by atoms with E-state index in [4.69, 9.17) is 11.6 Å². The lowest BCUT2D eigenvalue weighted by Gasteiger charge is -2.10. The fourth-order valence-electron chi connectivity index (χ4n) is 1.45. The van der Waals surface area contributed by atoms with E-state index in [1.807, 2.05) is 42.5 Å². The van der Waals surface area contributed by atoms with Crippen molar-refractivity contribution in [1.29, 1.82) is 0 Å². The van der Waals surface area contributed by atoms with E-state index in [9.17, 15) is 8.42 Å². The zero-order chi connectivity index (χ0) is 13.7. The van der Waals surface area contributed by atoms with E-state index in [1.165, 1.54) is 11.8 Å². The van der Waals surface area contributed by atoms with Crippen molar-refractivity contribution < 1.29 is 8.42 Å². The van der Waals surface area contributed by atoms with Gasteiger partial charge in [0, 0.05) is 9.79 Å². The molecule has 1 N–H and O–H groups in total. The van der Waals surface area contributed by atoms with Crippen molar-refractivity contribution in [3.05, 3.63) is 54.6 Å². The van der Waals surface area contributed by atoms with Gasteiger partial charge in [-0.3, -0.25) is 4.72 Å². The van der Waals surface area contributed by atoms with Crippen molar-refractivity contribution in [2.75, 3.05) is 9.93 Å². The van der Waals surface area contributed by atoms with Crippen LogP contribution < -0.4 is 4.72 Å². The molecule has 0 fully saturated rings. The minimum Gasteiger partial charge on any atom is -0.281 e. The second-order valence-electron chi connectivity index (χ2n) is 3.74. The summed E-state index contributed by atoms with van der Waals surface area (Å²) in [5.74, 6) is 0. The smallest absolute Gasteiger partial charge is 0.246 e. The van der Waals surface area contributed by atoms with E-state index in [1.54, 1.807) is 12.1 Å². The SMILES string of the molecule is O=S(=O)(CCl)Nc1ccccc1Sc1ccccc1. The van der Waals surface area contributed by atoms with Crippen molar-refractivity contribution in [2.24, 2.45) is 0 Å². The first-order valence-electron chi connectivity index (χ1n) is 5.49. The Hall–Kier alpha value is -1.17. The van der Waals surface area contributed by atoms with Crippen LogP contribution in [0, 0.1) is 0 Å². The first-order chi connectivity index (χ1) is 9.11. The molecule has 0 radical (unpaired) electrons. The molecule has 0 aliphatic heterocycles. The second kappa shape index (κ2) is 6.32. The summed E-state index contributed by atoms with van der Waals surface area (Å²) < 4.78 is 25.5. The Bertz CT molecular complexity index is 645. The van der Waals surface area contributed by atoms with Crippen LogP contribution in [0.1, 0.15) is 0 Å². The van der Waals surface area contributed by atoms with Gasteiger partial charge in [-0.1, -0.05) is 42.1 Å². The van der Waals surface area contributed by atoms with Crippen molar-refractivity contribution in [3.8, 4) is 0 Å². The average Bonchev–Trinajstić information content (AvgIpc) is 2.42. The Morgan fingerprint density at radius 2 is 1.63 bits per heavy atom. The molecule has 100 valence electrons. The van der Waals surface area contributed by atoms with Crippen molar-refractivity contribution in [1.82, 2.24) is 0 Å². The number of sulfonamides is 1. The number of hydrogen-bond acceptors (Lipinski definition) is 3. The highest BCUT2D eigenvalue weighted by Gasteiger charge is 2.11. The fraction of sp³-hybridized carbons (Fsp3) is 0.0769. The van der Waals surface area contributed by atoms with Gasteiger partial charge in [-0.15, -0.1) is 11.6 Å². The highest BCUT2D eigenvalue weighted by Crippen LogP contribution is 2.33. The number of benzene rings is 2. The number of alkyl halides is 1. The van der Waals surface area contributed by atoms with E-state index < -0.39 is 15.2 Å². The lowest BCUT2D eigenvalue weighted by Crippen LogP contribution is -2.13. The number of nitrogens with one attached hydrogen (secondary N) is 1. The summed E-state index contributed by atoms with van der Waals surface area (Å²) >= 11 is 6.89. The lowest BCUT2D eigenvalue weighted by atomic mass is 10.3. The van der Waals surface area contributed by atoms with Crippen LogP contribution in [0.3, 0.4) is 0 Å². The van der Waals surface area contributed by atoms with Crippen molar-refractivity contribution in [2.45, 2.75) is 9.79 Å². The third-order valence-corrected chi connectivity index (χ3v) is 5.03. The molecule has 0 saturated heterocycles. The van der Waals surface area contributed by atoms with Gasteiger partial charge in [-0.05, 0) is 24.3 Å². The maximum atomic E-state index is 11.5. The molecule has 0 bridgehead atoms. The van der Waals surface area contributed by atoms with Crippen LogP contribution in [0.4, 0.5) is 5.69 Å². The van der Waals surface area contributed by atoms with Crippen LogP contribution in [-0.2, 0) is 10.0 Å². The molecule has 0 atom stereocenters. The molecule has 2 rings (SSSR count). The van der Waals surface area contributed by atoms with E-state index in [0.29, 0.717) is 5.69 Å². The van der Waals surface area contributed by atoms with Crippen molar-refractivity contribution >= 4 is 39.1 Å². The van der Waals surface area contributed by atoms with Gasteiger partial charge in [0.1, 0.15) is 5.21 Å². The minimum absolute atomic E-state index is 0.461. The van der Waals surface area contributed by atoms with Gasteiger partial charge >= 0.3 is 0 Å². The summed E-state index contributed by atoms with van der Waals surface area (Å²) in [7, 11) is -3.49. The fourth-order valence-corrected chi connectivity index (χ4v) is 3.17. The Balaban J connectivity index is 2.27. The Labute approximate surface area is 122 Å². The quantitative estimate of drug-likeness (QED) is 0.855. The molecule has 0 spiro atoms. The highest BCUT2D eigenvalue weighted by molar-refractivity contribution is 7.99. The summed E-state index contributed by atoms with van der Waals surface area (Å²) in [4.78, 5) is 1.88. The van der Waals surface area contributed by atoms with Gasteiger partial charge in [-0.2, -0.15) is 0 Å². The van der Waals surface area contributed by atoms with Gasteiger partial charge in [0.05, 0.1) is 5.69 Å². The van der Waals surface area contributed by atoms with Crippen LogP contribution in [0.25, 0.3) is 0 Å². The van der Waals surface area contributed by atoms with Gasteiger partial charge < -0.3 is 0 Å². The summed E-state index contributed by atoms with van der Waals surface area (Å²) in [6.07, 6.45) is 0. The van der Waals surface area contributed by atoms with Crippen LogP contribution in [0.15, 0.2) is 64.4 Å². The lowest BCUT2D eigenvalue weighted by molar-refractivity contribution is 0.605. The topological polar surface area (TPSA) is 46.2 Å². The normalized spacial score (nSPS) is 11.2. The minimum atomic E-state index is -3.49. The number of para-hydroxylation sites is 1. The molecule has 0 amide bonds. The summed E-state index contributed by atoms with van der Waals surface area (Å²) in [6.45, 7) is 0. The summed E-state index contributed by atoms with van der Waals surface area (Å²) in [5.41, 5.74) is 0.539. The van der Waals surface area contributed by atoms with Gasteiger partial charge in [0.25, 0.3) is 0 Å². The summed E-state index contributed by atoms with van der Waals surface area (Å²) in [5, 5.41) is -0.461. The molecular weight excluding hydrogens is 302 g/mol. The predicted octanol–water partition coefficient (Wildman–Crippen LogP) is 3.78. The number of anilines is 1. The average molecular weight is 314 g/mol. The van der Waals surface area contributed by atoms with Crippen LogP contribution in [-0.4, -0.2) is 13.6 Å². The maximum Gasteiger partial charge on any atom is 0.246 e. The first kappa shape index (κ1) is 14.2. The molecule has 3 nitrogen and oxygen atoms in total. The van der Waals surface area contributed by atoms with E-state index in [0.717, 1.165) is 9.79 Å². The highest BCUT2D eigenvalue weighted by atomic mass is 35.5. The maximum absolute atomic E-state index is 11.5. The van der Waals surface area contributed by atoms with Gasteiger partial charge in [0.15, 0.2) is 0 Å². The number of halogens is 1. The van der Waals surface area contributed by atoms with Gasteiger partial charge in [-0.25, -0.2) is 8.42 Å². The molecule has 19 heavy (non-hydrogen) atoms. The Morgan fingerprint density at radius 3 is 2.32 bits per heavy atom. The van der Waals surface area contributed by atoms with Crippen molar-refractivity contribution in [3.63, 3.8) is 0 Å². The third-order valence-electron chi connectivity index (χ3n) is 2.27. The standard InChI is InChI=1S/C13H12ClNO2S2/c14-10-19(16,17)15-12-8-4-5-9-13(12)18-11-6-2-1-3-7-11/h1-9,15H,10H2. The van der Waals surface area contributed by atoms with E-state index in [2.05, 4.69) is 4.72 Å². The predicted molar refractivity (Wildman–Crippen MR) is 80.3 cm³/mol. The zero-order valence-electron chi connectivity index (χ0n) is 9.91. The zero-order valence-corrected chi connectivity index (χ0v) is 12.3. The molecule has 2 aromatic rings. The van der Waals surface area contributed by atoms with Crippen LogP contribution >= 0.6 is 23.4 Å². The molecule has 0 unspecified atom stereocenters. The molecular formula is C13H12ClNO2S2. The van der Waals surface area contributed by atoms with E-state index in [-0.39, 0.29) is 0 Å². The molecule has 0 aromatic heterocycles. The number of rotatable bonds is 5. The third kappa shape index (κ3) is 4.16. The Morgan fingerprint density at radius 1 is 1.00 bits per heavy atom. The van der Waals surface area contributed by atoms with Crippen LogP contribution in [0.5, 0.6) is 0 Å². The second-order valence-corrected chi connectivity index (χ2v) is 7.16. The summed E-state index contributed by atoms with van der Waals surface area (Å²) in [6, 6.07) is 17.0. The number of hydrogen-bond donors (Lipinski definition) is 1. The largest absolute Gasteiger partial charge is 0.281 e. The van der Waals surface area contributed by atoms with E-state index >= 15 is 0 Å². The molecule has 0 aliphatic rings. The molecule has 0 saturated carbocycles. The van der Waals surface area contributed by atoms with Gasteiger partial charge in [0.2, 0.25) is 10.0 Å². The molecule has 2 aromatic carbocycles. The monoisotopic (exact) mass is 313 g/mol. The Kier molecular flexibility index (Phi) is 4.74. The molecule has 0 aliphatic carbocycles. The first-order valence-corrected chi connectivity index (χ1v) is 8.49. The molecule has 0 heterocycles. The molecule has 6 heteroatoms.